The summed E-state index contributed by atoms with van der Waals surface area (Å²) < 4.78 is 0. The summed E-state index contributed by atoms with van der Waals surface area (Å²) in [7, 11) is 0. The van der Waals surface area contributed by atoms with E-state index in [9.17, 15) is 9.59 Å². The average Bonchev–Trinajstić information content (AvgIpc) is 3.02. The molecule has 2 bridgehead atoms. The molecule has 4 atom stereocenters. The first-order chi connectivity index (χ1) is 8.16. The maximum atomic E-state index is 12.4. The highest BCUT2D eigenvalue weighted by molar-refractivity contribution is 5.85. The van der Waals surface area contributed by atoms with Gasteiger partial charge in [0, 0.05) is 12.6 Å². The first-order valence-electron chi connectivity index (χ1n) is 6.70. The lowest BCUT2D eigenvalue weighted by Gasteiger charge is -2.30. The molecule has 0 aromatic heterocycles. The number of carboxylic acid groups (broad SMARTS) is 1. The Morgan fingerprint density at radius 3 is 2.41 bits per heavy atom. The van der Waals surface area contributed by atoms with Gasteiger partial charge in [0.2, 0.25) is 5.91 Å². The minimum absolute atomic E-state index is 0.127. The Labute approximate surface area is 101 Å². The van der Waals surface area contributed by atoms with Crippen LogP contribution in [0.3, 0.4) is 0 Å². The lowest BCUT2D eigenvalue weighted by molar-refractivity contribution is -0.149. The fraction of sp³-hybridized carbons (Fsp3) is 0.846. The van der Waals surface area contributed by atoms with Crippen molar-refractivity contribution in [1.82, 2.24) is 4.90 Å². The summed E-state index contributed by atoms with van der Waals surface area (Å²) in [5.74, 6) is -0.644. The molecule has 0 aromatic carbocycles. The lowest BCUT2D eigenvalue weighted by Crippen LogP contribution is -2.43. The van der Waals surface area contributed by atoms with Gasteiger partial charge in [-0.3, -0.25) is 9.59 Å². The van der Waals surface area contributed by atoms with Gasteiger partial charge in [0.1, 0.15) is 0 Å². The van der Waals surface area contributed by atoms with E-state index in [4.69, 9.17) is 5.11 Å². The van der Waals surface area contributed by atoms with Crippen molar-refractivity contribution in [3.05, 3.63) is 0 Å². The fourth-order valence-electron chi connectivity index (χ4n) is 3.96. The molecule has 0 radical (unpaired) electrons. The summed E-state index contributed by atoms with van der Waals surface area (Å²) >= 11 is 0. The topological polar surface area (TPSA) is 57.6 Å². The second-order valence-corrected chi connectivity index (χ2v) is 5.81. The van der Waals surface area contributed by atoms with Crippen LogP contribution in [-0.2, 0) is 9.59 Å². The zero-order valence-electron chi connectivity index (χ0n) is 9.97. The van der Waals surface area contributed by atoms with Crippen LogP contribution < -0.4 is 0 Å². The largest absolute Gasteiger partial charge is 0.481 e. The van der Waals surface area contributed by atoms with E-state index in [0.717, 1.165) is 32.2 Å². The molecule has 94 valence electrons. The van der Waals surface area contributed by atoms with Gasteiger partial charge in [-0.05, 0) is 38.0 Å². The summed E-state index contributed by atoms with van der Waals surface area (Å²) in [6.07, 6.45) is 5.85. The number of carbonyl (C=O) groups is 2. The van der Waals surface area contributed by atoms with Crippen molar-refractivity contribution >= 4 is 11.9 Å². The Morgan fingerprint density at radius 2 is 1.82 bits per heavy atom. The van der Waals surface area contributed by atoms with Gasteiger partial charge < -0.3 is 10.0 Å². The van der Waals surface area contributed by atoms with Gasteiger partial charge in [-0.2, -0.15) is 0 Å². The van der Waals surface area contributed by atoms with Crippen LogP contribution in [0.1, 0.15) is 38.5 Å². The van der Waals surface area contributed by atoms with Crippen molar-refractivity contribution in [2.24, 2.45) is 17.8 Å². The summed E-state index contributed by atoms with van der Waals surface area (Å²) in [6.45, 7) is 0.881. The third-order valence-electron chi connectivity index (χ3n) is 4.84. The number of piperidine rings is 1. The molecule has 3 aliphatic rings. The molecule has 4 heteroatoms. The SMILES string of the molecule is O=C(O)[C@H]1CCC[C@H]1C(=O)N1CC2CCC1C2. The van der Waals surface area contributed by atoms with Gasteiger partial charge in [0.05, 0.1) is 11.8 Å². The second kappa shape index (κ2) is 4.00. The number of aliphatic carboxylic acids is 1. The van der Waals surface area contributed by atoms with Crippen molar-refractivity contribution < 1.29 is 14.7 Å². The molecule has 0 aromatic rings. The molecule has 3 fully saturated rings. The third-order valence-corrected chi connectivity index (χ3v) is 4.84. The molecule has 17 heavy (non-hydrogen) atoms. The van der Waals surface area contributed by atoms with E-state index in [-0.39, 0.29) is 11.8 Å². The number of nitrogens with zero attached hydrogens (tertiary/aromatic N) is 1. The van der Waals surface area contributed by atoms with Crippen molar-refractivity contribution in [2.45, 2.75) is 44.6 Å². The predicted octanol–water partition coefficient (Wildman–Crippen LogP) is 1.50. The lowest BCUT2D eigenvalue weighted by atomic mass is 9.94. The molecule has 4 nitrogen and oxygen atoms in total. The van der Waals surface area contributed by atoms with Crippen molar-refractivity contribution in [3.63, 3.8) is 0 Å². The van der Waals surface area contributed by atoms with Crippen molar-refractivity contribution in [3.8, 4) is 0 Å². The van der Waals surface area contributed by atoms with E-state index in [2.05, 4.69) is 0 Å². The molecule has 2 saturated carbocycles. The minimum Gasteiger partial charge on any atom is -0.481 e. The number of likely N-dealkylation sites (tertiary alicyclic amines) is 1. The van der Waals surface area contributed by atoms with Crippen molar-refractivity contribution in [1.29, 1.82) is 0 Å². The van der Waals surface area contributed by atoms with Gasteiger partial charge in [0.15, 0.2) is 0 Å². The Hall–Kier alpha value is -1.06. The quantitative estimate of drug-likeness (QED) is 0.791. The highest BCUT2D eigenvalue weighted by atomic mass is 16.4. The minimum atomic E-state index is -0.787. The van der Waals surface area contributed by atoms with E-state index < -0.39 is 11.9 Å². The van der Waals surface area contributed by atoms with Crippen LogP contribution in [0, 0.1) is 17.8 Å². The van der Waals surface area contributed by atoms with Crippen molar-refractivity contribution in [2.75, 3.05) is 6.54 Å². The van der Waals surface area contributed by atoms with Crippen LogP contribution in [-0.4, -0.2) is 34.5 Å². The highest BCUT2D eigenvalue weighted by Gasteiger charge is 2.46. The molecule has 2 aliphatic carbocycles. The molecule has 3 rings (SSSR count). The third kappa shape index (κ3) is 1.74. The summed E-state index contributed by atoms with van der Waals surface area (Å²) in [4.78, 5) is 25.5. The maximum Gasteiger partial charge on any atom is 0.307 e. The molecule has 2 unspecified atom stereocenters. The van der Waals surface area contributed by atoms with Gasteiger partial charge >= 0.3 is 5.97 Å². The molecule has 1 heterocycles. The number of rotatable bonds is 2. The normalized spacial score (nSPS) is 39.9. The van der Waals surface area contributed by atoms with E-state index in [1.807, 2.05) is 4.90 Å². The Balaban J connectivity index is 1.71. The number of hydrogen-bond acceptors (Lipinski definition) is 2. The standard InChI is InChI=1S/C13H19NO3/c15-12(10-2-1-3-11(10)13(16)17)14-7-8-4-5-9(14)6-8/h8-11H,1-7H2,(H,16,17)/t8?,9?,10-,11+/m1/s1. The molecular weight excluding hydrogens is 218 g/mol. The second-order valence-electron chi connectivity index (χ2n) is 5.81. The predicted molar refractivity (Wildman–Crippen MR) is 61.3 cm³/mol. The first kappa shape index (κ1) is 11.1. The molecular formula is C13H19NO3. The number of fused-ring (bicyclic) bond motifs is 2. The zero-order chi connectivity index (χ0) is 12.0. The van der Waals surface area contributed by atoms with E-state index in [1.165, 1.54) is 6.42 Å². The van der Waals surface area contributed by atoms with Gasteiger partial charge in [0.25, 0.3) is 0 Å². The maximum absolute atomic E-state index is 12.4. The van der Waals surface area contributed by atoms with Gasteiger partial charge in [-0.1, -0.05) is 6.42 Å². The van der Waals surface area contributed by atoms with Crippen LogP contribution in [0.4, 0.5) is 0 Å². The summed E-state index contributed by atoms with van der Waals surface area (Å²) in [6, 6.07) is 0.419. The summed E-state index contributed by atoms with van der Waals surface area (Å²) in [5, 5.41) is 9.14. The molecule has 0 spiro atoms. The molecule has 1 amide bonds. The van der Waals surface area contributed by atoms with E-state index >= 15 is 0 Å². The van der Waals surface area contributed by atoms with Crippen LogP contribution in [0.2, 0.25) is 0 Å². The number of carboxylic acids is 1. The number of carbonyl (C=O) groups excluding carboxylic acids is 1. The van der Waals surface area contributed by atoms with Crippen LogP contribution in [0.15, 0.2) is 0 Å². The first-order valence-corrected chi connectivity index (χ1v) is 6.70. The highest BCUT2D eigenvalue weighted by Crippen LogP contribution is 2.41. The Bertz CT molecular complexity index is 355. The van der Waals surface area contributed by atoms with Crippen LogP contribution >= 0.6 is 0 Å². The Morgan fingerprint density at radius 1 is 1.06 bits per heavy atom. The van der Waals surface area contributed by atoms with E-state index in [1.54, 1.807) is 0 Å². The molecule has 1 N–H and O–H groups in total. The van der Waals surface area contributed by atoms with Gasteiger partial charge in [-0.25, -0.2) is 0 Å². The number of amides is 1. The zero-order valence-corrected chi connectivity index (χ0v) is 9.97. The average molecular weight is 237 g/mol. The fourth-order valence-corrected chi connectivity index (χ4v) is 3.96. The summed E-state index contributed by atoms with van der Waals surface area (Å²) in [5.41, 5.74) is 0. The van der Waals surface area contributed by atoms with Crippen LogP contribution in [0.5, 0.6) is 0 Å². The smallest absolute Gasteiger partial charge is 0.307 e. The van der Waals surface area contributed by atoms with E-state index in [0.29, 0.717) is 18.4 Å². The monoisotopic (exact) mass is 237 g/mol. The molecule has 1 saturated heterocycles. The van der Waals surface area contributed by atoms with Gasteiger partial charge in [-0.15, -0.1) is 0 Å². The van der Waals surface area contributed by atoms with Crippen LogP contribution in [0.25, 0.3) is 0 Å². The Kier molecular flexibility index (Phi) is 2.60. The number of hydrogen-bond donors (Lipinski definition) is 1. The molecule has 1 aliphatic heterocycles.